The van der Waals surface area contributed by atoms with E-state index in [2.05, 4.69) is 33.4 Å². The molecule has 5 N–H and O–H groups in total. The summed E-state index contributed by atoms with van der Waals surface area (Å²) in [5.41, 5.74) is 6.28. The maximum atomic E-state index is 12.9. The van der Waals surface area contributed by atoms with Crippen LogP contribution in [0.1, 0.15) is 48.5 Å². The highest BCUT2D eigenvalue weighted by Gasteiger charge is 2.41. The number of rotatable bonds is 13. The van der Waals surface area contributed by atoms with Crippen LogP contribution in [0.3, 0.4) is 0 Å². The number of hydrogen-bond donors (Lipinski definition) is 5. The minimum atomic E-state index is -0.918. The molecular formula is C43H47F2N5O7. The van der Waals surface area contributed by atoms with E-state index in [0.717, 1.165) is 79.7 Å². The molecule has 4 aromatic carbocycles. The molecule has 12 nitrogen and oxygen atoms in total. The van der Waals surface area contributed by atoms with Gasteiger partial charge in [-0.2, -0.15) is 0 Å². The number of H-pyrrole nitrogens is 1. The number of halogens is 2. The van der Waals surface area contributed by atoms with Crippen LogP contribution >= 0.6 is 0 Å². The Morgan fingerprint density at radius 1 is 0.930 bits per heavy atom. The van der Waals surface area contributed by atoms with Gasteiger partial charge in [-0.05, 0) is 104 Å². The van der Waals surface area contributed by atoms with E-state index in [4.69, 9.17) is 4.42 Å². The van der Waals surface area contributed by atoms with Crippen LogP contribution in [-0.4, -0.2) is 68.1 Å². The first-order chi connectivity index (χ1) is 26.7. The molecule has 0 radical (unpaired) electrons. The zero-order valence-corrected chi connectivity index (χ0v) is 31.3. The number of nitrogens with one attached hydrogen (secondary N) is 2. The third-order valence-electron chi connectivity index (χ3n) is 11.3. The van der Waals surface area contributed by atoms with E-state index >= 15 is 0 Å². The third-order valence-corrected chi connectivity index (χ3v) is 11.3. The number of phenolic OH excluding ortho intramolecular Hbond substituents is 1. The highest BCUT2D eigenvalue weighted by molar-refractivity contribution is 5.94. The van der Waals surface area contributed by atoms with Crippen molar-refractivity contribution < 1.29 is 33.9 Å². The second-order valence-corrected chi connectivity index (χ2v) is 14.8. The number of aliphatic hydroxyl groups excluding tert-OH is 1. The van der Waals surface area contributed by atoms with Crippen molar-refractivity contribution in [2.24, 2.45) is 5.92 Å². The van der Waals surface area contributed by atoms with Crippen molar-refractivity contribution in [1.29, 1.82) is 0 Å². The number of aromatic nitrogens is 2. The topological polar surface area (TPSA) is 164 Å². The number of pyridine rings is 1. The van der Waals surface area contributed by atoms with Crippen LogP contribution in [0.25, 0.3) is 33.1 Å². The van der Waals surface area contributed by atoms with Crippen molar-refractivity contribution >= 4 is 33.8 Å². The normalized spacial score (nSPS) is 17.9. The molecule has 0 spiro atoms. The van der Waals surface area contributed by atoms with Crippen LogP contribution < -0.4 is 21.5 Å². The minimum absolute atomic E-state index is 0. The average molecular weight is 784 g/mol. The number of aliphatic hydroxyl groups is 1. The summed E-state index contributed by atoms with van der Waals surface area (Å²) in [5, 5.41) is 35.5. The largest absolute Gasteiger partial charge is 0.506 e. The summed E-state index contributed by atoms with van der Waals surface area (Å²) in [5.74, 6) is -0.133. The van der Waals surface area contributed by atoms with Crippen molar-refractivity contribution in [3.8, 4) is 16.9 Å². The van der Waals surface area contributed by atoms with Gasteiger partial charge in [0.25, 0.3) is 0 Å². The second kappa shape index (κ2) is 17.5. The van der Waals surface area contributed by atoms with Crippen molar-refractivity contribution in [2.45, 2.75) is 57.3 Å². The van der Waals surface area contributed by atoms with Crippen LogP contribution in [0.15, 0.2) is 105 Å². The summed E-state index contributed by atoms with van der Waals surface area (Å²) in [7, 11) is 0. The first kappa shape index (κ1) is 40.8. The number of nitrogens with zero attached hydrogens (tertiary/aromatic N) is 3. The van der Waals surface area contributed by atoms with Gasteiger partial charge in [0.2, 0.25) is 5.56 Å². The molecule has 6 aromatic rings. The van der Waals surface area contributed by atoms with Gasteiger partial charge in [-0.15, -0.1) is 0 Å². The maximum absolute atomic E-state index is 12.9. The minimum Gasteiger partial charge on any atom is -0.506 e. The monoisotopic (exact) mass is 783 g/mol. The summed E-state index contributed by atoms with van der Waals surface area (Å²) in [6, 6.07) is 27.7. The summed E-state index contributed by atoms with van der Waals surface area (Å²) in [6.07, 6.45) is 2.49. The molecule has 5 heterocycles. The van der Waals surface area contributed by atoms with E-state index in [0.29, 0.717) is 41.1 Å². The molecular weight excluding hydrogens is 736 g/mol. The van der Waals surface area contributed by atoms with E-state index in [-0.39, 0.29) is 38.8 Å². The summed E-state index contributed by atoms with van der Waals surface area (Å²) in [6.45, 7) is 3.94. The molecule has 2 atom stereocenters. The van der Waals surface area contributed by atoms with Crippen LogP contribution in [0.2, 0.25) is 0 Å². The smallest absolute Gasteiger partial charge is 0.419 e. The molecule has 300 valence electrons. The fourth-order valence-corrected chi connectivity index (χ4v) is 8.49. The van der Waals surface area contributed by atoms with E-state index in [9.17, 15) is 29.7 Å². The number of hydrogen-bond acceptors (Lipinski definition) is 8. The average Bonchev–Trinajstić information content (AvgIpc) is 3.51. The Bertz CT molecular complexity index is 2460. The van der Waals surface area contributed by atoms with Gasteiger partial charge in [0.05, 0.1) is 28.9 Å². The van der Waals surface area contributed by atoms with Gasteiger partial charge >= 0.3 is 11.8 Å². The number of fused-ring (bicyclic) bond motifs is 5. The summed E-state index contributed by atoms with van der Waals surface area (Å²) >= 11 is 0. The number of unbranched alkanes of at least 4 members (excludes halogenated alkanes) is 1. The number of anilines is 1. The fraction of sp³-hybridized carbons (Fsp3) is 0.326. The van der Waals surface area contributed by atoms with Crippen molar-refractivity contribution in [3.05, 3.63) is 129 Å². The summed E-state index contributed by atoms with van der Waals surface area (Å²) < 4.78 is 7.28. The molecule has 3 aliphatic rings. The number of carbonyl (C=O) groups is 1. The molecule has 14 heteroatoms. The second-order valence-electron chi connectivity index (χ2n) is 14.8. The lowest BCUT2D eigenvalue weighted by molar-refractivity contribution is 0.0837. The van der Waals surface area contributed by atoms with E-state index in [1.54, 1.807) is 21.6 Å². The van der Waals surface area contributed by atoms with Gasteiger partial charge in [-0.3, -0.25) is 23.7 Å². The van der Waals surface area contributed by atoms with Gasteiger partial charge in [-0.25, -0.2) is 9.59 Å². The van der Waals surface area contributed by atoms with Gasteiger partial charge in [0.15, 0.2) is 5.58 Å². The molecule has 0 unspecified atom stereocenters. The number of carboxylic acid groups (broad SMARTS) is 1. The van der Waals surface area contributed by atoms with E-state index < -0.39 is 18.0 Å². The SMILES string of the molecule is F.F.O=C(O)N(c1cc(CCCCn2c(=O)oc3cc(CNC[C@@H](O)c4ccc(O)c5[nH]c(=O)ccc45)ccc32)ccc1-c1ccccc1)[C@H]1CN2CCC1CC2. The third kappa shape index (κ3) is 8.48. The first-order valence-electron chi connectivity index (χ1n) is 19.0. The molecule has 3 saturated heterocycles. The van der Waals surface area contributed by atoms with Gasteiger partial charge in [0, 0.05) is 43.2 Å². The predicted molar refractivity (Wildman–Crippen MR) is 217 cm³/mol. The fourth-order valence-electron chi connectivity index (χ4n) is 8.49. The Balaban J connectivity index is 0.00000275. The molecule has 1 amide bonds. The predicted octanol–water partition coefficient (Wildman–Crippen LogP) is 6.54. The zero-order valence-electron chi connectivity index (χ0n) is 31.3. The van der Waals surface area contributed by atoms with Gasteiger partial charge in [0.1, 0.15) is 5.75 Å². The molecule has 9 rings (SSSR count). The van der Waals surface area contributed by atoms with Gasteiger partial charge < -0.3 is 34.9 Å². The van der Waals surface area contributed by atoms with Crippen molar-refractivity contribution in [3.63, 3.8) is 0 Å². The maximum Gasteiger partial charge on any atom is 0.419 e. The Labute approximate surface area is 326 Å². The number of benzene rings is 4. The molecule has 57 heavy (non-hydrogen) atoms. The summed E-state index contributed by atoms with van der Waals surface area (Å²) in [4.78, 5) is 44.3. The van der Waals surface area contributed by atoms with Crippen molar-refractivity contribution in [1.82, 2.24) is 19.8 Å². The first-order valence-corrected chi connectivity index (χ1v) is 19.0. The number of piperidine rings is 3. The number of aromatic amines is 1. The Morgan fingerprint density at radius 3 is 2.44 bits per heavy atom. The van der Waals surface area contributed by atoms with Crippen molar-refractivity contribution in [2.75, 3.05) is 31.1 Å². The van der Waals surface area contributed by atoms with E-state index in [1.807, 2.05) is 48.5 Å². The molecule has 0 saturated carbocycles. The Morgan fingerprint density at radius 2 is 1.70 bits per heavy atom. The number of amides is 1. The Kier molecular flexibility index (Phi) is 12.6. The van der Waals surface area contributed by atoms with Crippen LogP contribution in [0.4, 0.5) is 19.9 Å². The van der Waals surface area contributed by atoms with Crippen LogP contribution in [0, 0.1) is 5.92 Å². The van der Waals surface area contributed by atoms with Crippen LogP contribution in [-0.2, 0) is 19.5 Å². The lowest BCUT2D eigenvalue weighted by Crippen LogP contribution is -2.59. The molecule has 0 aliphatic carbocycles. The van der Waals surface area contributed by atoms with Crippen LogP contribution in [0.5, 0.6) is 5.75 Å². The lowest BCUT2D eigenvalue weighted by atomic mass is 9.82. The lowest BCUT2D eigenvalue weighted by Gasteiger charge is -2.48. The standard InChI is InChI=1S/C43H45N5O7.2FH/c49-37-15-12-32(33-13-16-40(51)45-41(33)37)38(50)25-44-24-28-10-14-34-39(23-28)55-43(54)47(34)19-5-4-6-27-9-11-31(29-7-2-1-3-8-29)35(22-27)48(42(52)53)36-26-46-20-17-30(36)18-21-46;;/h1-3,7-16,22-23,30,36,38,44,49-50H,4-6,17-21,24-26H2,(H,45,51)(H,52,53);2*1H/t36-,38+;;/m0../s1. The zero-order chi connectivity index (χ0) is 38.1. The van der Waals surface area contributed by atoms with E-state index in [1.165, 1.54) is 12.1 Å². The highest BCUT2D eigenvalue weighted by Crippen LogP contribution is 2.39. The quantitative estimate of drug-likeness (QED) is 0.0819. The number of oxazole rings is 1. The highest BCUT2D eigenvalue weighted by atomic mass is 19.0. The van der Waals surface area contributed by atoms with Gasteiger partial charge in [-0.1, -0.05) is 54.6 Å². The molecule has 3 fully saturated rings. The Hall–Kier alpha value is -5.83. The number of phenols is 1. The molecule has 2 bridgehead atoms. The number of aromatic hydroxyl groups is 1. The molecule has 3 aliphatic heterocycles. The number of aryl methyl sites for hydroxylation is 2. The molecule has 2 aromatic heterocycles.